The van der Waals surface area contributed by atoms with Gasteiger partial charge in [-0.1, -0.05) is 66.7 Å². The van der Waals surface area contributed by atoms with Crippen molar-refractivity contribution in [3.05, 3.63) is 101 Å². The smallest absolute Gasteiger partial charge is 0.244 e. The summed E-state index contributed by atoms with van der Waals surface area (Å²) in [5, 5.41) is 2.78. The van der Waals surface area contributed by atoms with Crippen LogP contribution in [0.5, 0.6) is 0 Å². The van der Waals surface area contributed by atoms with Crippen LogP contribution in [0.3, 0.4) is 0 Å². The molecule has 38 heavy (non-hydrogen) atoms. The Morgan fingerprint density at radius 1 is 0.921 bits per heavy atom. The molecule has 0 unspecified atom stereocenters. The van der Waals surface area contributed by atoms with Gasteiger partial charge in [-0.05, 0) is 43.5 Å². The van der Waals surface area contributed by atoms with E-state index in [1.54, 1.807) is 51.1 Å². The lowest BCUT2D eigenvalue weighted by atomic mass is 10.0. The van der Waals surface area contributed by atoms with Crippen LogP contribution in [0.25, 0.3) is 0 Å². The maximum Gasteiger partial charge on any atom is 0.244 e. The molecule has 0 fully saturated rings. The van der Waals surface area contributed by atoms with Gasteiger partial charge in [0.05, 0.1) is 11.9 Å². The largest absolute Gasteiger partial charge is 0.355 e. The molecule has 2 amide bonds. The Morgan fingerprint density at radius 3 is 2.11 bits per heavy atom. The zero-order chi connectivity index (χ0) is 27.9. The van der Waals surface area contributed by atoms with E-state index in [2.05, 4.69) is 5.32 Å². The van der Waals surface area contributed by atoms with Gasteiger partial charge in [0, 0.05) is 25.1 Å². The molecule has 3 aromatic rings. The van der Waals surface area contributed by atoms with Gasteiger partial charge in [-0.2, -0.15) is 0 Å². The van der Waals surface area contributed by atoms with E-state index < -0.39 is 40.2 Å². The monoisotopic (exact) mass is 539 g/mol. The molecule has 7 nitrogen and oxygen atoms in total. The summed E-state index contributed by atoms with van der Waals surface area (Å²) in [6.07, 6.45) is 1.22. The molecular weight excluding hydrogens is 505 g/mol. The summed E-state index contributed by atoms with van der Waals surface area (Å²) in [4.78, 5) is 28.5. The number of benzene rings is 3. The zero-order valence-corrected chi connectivity index (χ0v) is 23.0. The minimum atomic E-state index is -3.88. The summed E-state index contributed by atoms with van der Waals surface area (Å²) in [5.41, 5.74) is 2.82. The number of hydrogen-bond donors (Lipinski definition) is 1. The van der Waals surface area contributed by atoms with Crippen LogP contribution >= 0.6 is 0 Å². The number of halogens is 1. The first-order valence-corrected chi connectivity index (χ1v) is 14.3. The normalized spacial score (nSPS) is 12.0. The van der Waals surface area contributed by atoms with Gasteiger partial charge in [0.15, 0.2) is 0 Å². The third-order valence-corrected chi connectivity index (χ3v) is 7.40. The summed E-state index contributed by atoms with van der Waals surface area (Å²) in [5.74, 6) is -1.54. The van der Waals surface area contributed by atoms with Gasteiger partial charge in [0.1, 0.15) is 18.4 Å². The summed E-state index contributed by atoms with van der Waals surface area (Å²) in [7, 11) is -3.88. The molecule has 0 aromatic heterocycles. The molecule has 3 rings (SSSR count). The molecular formula is C29H34FN3O4S. The highest BCUT2D eigenvalue weighted by Crippen LogP contribution is 2.27. The molecule has 0 bridgehead atoms. The van der Waals surface area contributed by atoms with E-state index in [0.717, 1.165) is 16.1 Å². The molecule has 3 aromatic carbocycles. The number of hydrogen-bond acceptors (Lipinski definition) is 4. The Labute approximate surface area is 224 Å². The Kier molecular flexibility index (Phi) is 9.63. The molecule has 1 N–H and O–H groups in total. The number of sulfonamides is 1. The second-order valence-corrected chi connectivity index (χ2v) is 11.1. The number of nitrogens with zero attached hydrogens (tertiary/aromatic N) is 2. The summed E-state index contributed by atoms with van der Waals surface area (Å²) >= 11 is 0. The lowest BCUT2D eigenvalue weighted by molar-refractivity contribution is -0.140. The third kappa shape index (κ3) is 7.19. The number of carbonyl (C=O) groups is 2. The van der Waals surface area contributed by atoms with Crippen molar-refractivity contribution in [2.24, 2.45) is 0 Å². The lowest BCUT2D eigenvalue weighted by Gasteiger charge is -2.34. The molecule has 0 aliphatic carbocycles. The third-order valence-electron chi connectivity index (χ3n) is 6.29. The molecule has 1 atom stereocenters. The predicted molar refractivity (Wildman–Crippen MR) is 148 cm³/mol. The van der Waals surface area contributed by atoms with Crippen LogP contribution in [0.1, 0.15) is 29.2 Å². The zero-order valence-electron chi connectivity index (χ0n) is 22.1. The van der Waals surface area contributed by atoms with Crippen LogP contribution in [-0.2, 0) is 32.6 Å². The van der Waals surface area contributed by atoms with Crippen molar-refractivity contribution in [3.8, 4) is 0 Å². The van der Waals surface area contributed by atoms with Crippen LogP contribution in [0.4, 0.5) is 10.1 Å². The predicted octanol–water partition coefficient (Wildman–Crippen LogP) is 3.98. The molecule has 0 radical (unpaired) electrons. The standard InChI is InChI=1S/C29H34FN3O4S/c1-5-31-29(35)26(18-23-14-7-6-8-15-23)32(19-24-16-9-10-17-25(24)30)27(34)20-33(38(4,36)37)28-21(2)12-11-13-22(28)3/h6-17,26H,5,18-20H2,1-4H3,(H,31,35)/t26-/m0/s1. The summed E-state index contributed by atoms with van der Waals surface area (Å²) < 4.78 is 41.6. The average Bonchev–Trinajstić information content (AvgIpc) is 2.86. The van der Waals surface area contributed by atoms with Crippen LogP contribution in [0, 0.1) is 19.7 Å². The summed E-state index contributed by atoms with van der Waals surface area (Å²) in [6, 6.07) is 19.6. The number of aryl methyl sites for hydroxylation is 2. The highest BCUT2D eigenvalue weighted by Gasteiger charge is 2.33. The van der Waals surface area contributed by atoms with Crippen molar-refractivity contribution in [3.63, 3.8) is 0 Å². The van der Waals surface area contributed by atoms with E-state index in [1.165, 1.54) is 11.0 Å². The van der Waals surface area contributed by atoms with Crippen LogP contribution < -0.4 is 9.62 Å². The highest BCUT2D eigenvalue weighted by molar-refractivity contribution is 7.92. The maximum absolute atomic E-state index is 14.7. The molecule has 0 saturated carbocycles. The fraction of sp³-hybridized carbons (Fsp3) is 0.310. The molecule has 9 heteroatoms. The number of amides is 2. The van der Waals surface area contributed by atoms with E-state index >= 15 is 0 Å². The Hall–Kier alpha value is -3.72. The lowest BCUT2D eigenvalue weighted by Crippen LogP contribution is -2.53. The number of likely N-dealkylation sites (N-methyl/N-ethyl adjacent to an activating group) is 1. The highest BCUT2D eigenvalue weighted by atomic mass is 32.2. The van der Waals surface area contributed by atoms with Crippen molar-refractivity contribution in [1.29, 1.82) is 0 Å². The number of rotatable bonds is 11. The molecule has 0 saturated heterocycles. The number of carbonyl (C=O) groups excluding carboxylic acids is 2. The van der Waals surface area contributed by atoms with Gasteiger partial charge in [-0.25, -0.2) is 12.8 Å². The summed E-state index contributed by atoms with van der Waals surface area (Å²) in [6.45, 7) is 4.91. The van der Waals surface area contributed by atoms with Gasteiger partial charge in [0.2, 0.25) is 21.8 Å². The van der Waals surface area contributed by atoms with Crippen molar-refractivity contribution < 1.29 is 22.4 Å². The minimum Gasteiger partial charge on any atom is -0.355 e. The first-order chi connectivity index (χ1) is 18.0. The Morgan fingerprint density at radius 2 is 1.53 bits per heavy atom. The molecule has 0 spiro atoms. The van der Waals surface area contributed by atoms with Crippen molar-refractivity contribution in [2.45, 2.75) is 39.8 Å². The van der Waals surface area contributed by atoms with E-state index in [4.69, 9.17) is 0 Å². The average molecular weight is 540 g/mol. The number of nitrogens with one attached hydrogen (secondary N) is 1. The van der Waals surface area contributed by atoms with Crippen molar-refractivity contribution in [1.82, 2.24) is 10.2 Å². The first-order valence-electron chi connectivity index (χ1n) is 12.4. The maximum atomic E-state index is 14.7. The van der Waals surface area contributed by atoms with E-state index in [-0.39, 0.29) is 18.5 Å². The molecule has 0 aliphatic rings. The van der Waals surface area contributed by atoms with Crippen molar-refractivity contribution >= 4 is 27.5 Å². The fourth-order valence-corrected chi connectivity index (χ4v) is 5.40. The SMILES string of the molecule is CCNC(=O)[C@H](Cc1ccccc1)N(Cc1ccccc1F)C(=O)CN(c1c(C)cccc1C)S(C)(=O)=O. The van der Waals surface area contributed by atoms with E-state index in [9.17, 15) is 22.4 Å². The topological polar surface area (TPSA) is 86.8 Å². The van der Waals surface area contributed by atoms with E-state index in [1.807, 2.05) is 36.4 Å². The second kappa shape index (κ2) is 12.7. The van der Waals surface area contributed by atoms with Gasteiger partial charge in [0.25, 0.3) is 0 Å². The van der Waals surface area contributed by atoms with Gasteiger partial charge >= 0.3 is 0 Å². The fourth-order valence-electron chi connectivity index (χ4n) is 4.43. The molecule has 202 valence electrons. The quantitative estimate of drug-likeness (QED) is 0.399. The Bertz CT molecular complexity index is 1360. The molecule has 0 aliphatic heterocycles. The van der Waals surface area contributed by atoms with E-state index in [0.29, 0.717) is 23.4 Å². The van der Waals surface area contributed by atoms with Gasteiger partial charge < -0.3 is 10.2 Å². The van der Waals surface area contributed by atoms with Gasteiger partial charge in [-0.3, -0.25) is 13.9 Å². The first kappa shape index (κ1) is 28.8. The van der Waals surface area contributed by atoms with Crippen LogP contribution in [-0.4, -0.2) is 50.5 Å². The van der Waals surface area contributed by atoms with Gasteiger partial charge in [-0.15, -0.1) is 0 Å². The molecule has 0 heterocycles. The Balaban J connectivity index is 2.09. The van der Waals surface area contributed by atoms with Crippen LogP contribution in [0.15, 0.2) is 72.8 Å². The van der Waals surface area contributed by atoms with Crippen molar-refractivity contribution in [2.75, 3.05) is 23.7 Å². The van der Waals surface area contributed by atoms with Crippen LogP contribution in [0.2, 0.25) is 0 Å². The number of para-hydroxylation sites is 1. The number of anilines is 1. The minimum absolute atomic E-state index is 0.176. The second-order valence-electron chi connectivity index (χ2n) is 9.22.